The quantitative estimate of drug-likeness (QED) is 0.348. The summed E-state index contributed by atoms with van der Waals surface area (Å²) in [5.74, 6) is -0.331. The van der Waals surface area contributed by atoms with Gasteiger partial charge in [-0.05, 0) is 43.5 Å². The third-order valence-electron chi connectivity index (χ3n) is 7.41. The van der Waals surface area contributed by atoms with Crippen LogP contribution in [0.15, 0.2) is 36.7 Å². The molecule has 0 radical (unpaired) electrons. The SMILES string of the molecule is COc1cc(F)cc([C@@H](CO)NC(=O)[C@@H](C)N2CCc3cc(-c4nc(NC5CCOCC5)ncc4Cl)cn3C2=O)c1. The van der Waals surface area contributed by atoms with Gasteiger partial charge < -0.3 is 30.1 Å². The standard InChI is InChI=1S/C28H32ClFN6O5/c1-16(26(38)33-24(15-37)17-9-19(30)12-22(11-17)40-2)35-6-3-21-10-18(14-36(21)28(35)39)25-23(29)13-31-27(34-25)32-20-4-7-41-8-5-20/h9-14,16,20,24,37H,3-8,15H2,1-2H3,(H,33,38)(H,31,32,34)/t16-,24-/m1/s1. The number of hydrogen-bond donors (Lipinski definition) is 3. The molecule has 2 amide bonds. The molecule has 2 aliphatic heterocycles. The van der Waals surface area contributed by atoms with Crippen molar-refractivity contribution in [2.75, 3.05) is 38.8 Å². The Kier molecular flexibility index (Phi) is 8.71. The zero-order valence-electron chi connectivity index (χ0n) is 22.8. The summed E-state index contributed by atoms with van der Waals surface area (Å²) in [5.41, 5.74) is 2.27. The predicted octanol–water partition coefficient (Wildman–Crippen LogP) is 3.40. The van der Waals surface area contributed by atoms with E-state index in [0.717, 1.165) is 18.5 Å². The smallest absolute Gasteiger partial charge is 0.329 e. The third kappa shape index (κ3) is 6.29. The molecular formula is C28H32ClFN6O5. The van der Waals surface area contributed by atoms with Gasteiger partial charge in [-0.15, -0.1) is 0 Å². The molecule has 1 saturated heterocycles. The molecule has 1 aromatic carbocycles. The van der Waals surface area contributed by atoms with Gasteiger partial charge in [-0.1, -0.05) is 11.6 Å². The van der Waals surface area contributed by atoms with E-state index in [1.54, 1.807) is 13.1 Å². The van der Waals surface area contributed by atoms with Crippen LogP contribution >= 0.6 is 11.6 Å². The number of ether oxygens (including phenoxy) is 2. The number of benzene rings is 1. The van der Waals surface area contributed by atoms with Gasteiger partial charge in [0.25, 0.3) is 0 Å². The minimum Gasteiger partial charge on any atom is -0.497 e. The van der Waals surface area contributed by atoms with Crippen LogP contribution in [0.4, 0.5) is 15.1 Å². The van der Waals surface area contributed by atoms with E-state index in [2.05, 4.69) is 20.6 Å². The molecule has 3 N–H and O–H groups in total. The Morgan fingerprint density at radius 2 is 2.07 bits per heavy atom. The number of nitrogens with zero attached hydrogens (tertiary/aromatic N) is 4. The Labute approximate surface area is 241 Å². The minimum atomic E-state index is -0.882. The van der Waals surface area contributed by atoms with Crippen LogP contribution in [0.5, 0.6) is 5.75 Å². The van der Waals surface area contributed by atoms with Gasteiger partial charge in [0.1, 0.15) is 17.6 Å². The van der Waals surface area contributed by atoms with E-state index in [4.69, 9.17) is 21.1 Å². The van der Waals surface area contributed by atoms with Gasteiger partial charge in [0.05, 0.1) is 36.7 Å². The highest BCUT2D eigenvalue weighted by Gasteiger charge is 2.33. The van der Waals surface area contributed by atoms with Gasteiger partial charge in [0.15, 0.2) is 0 Å². The van der Waals surface area contributed by atoms with Gasteiger partial charge in [0, 0.05) is 55.7 Å². The van der Waals surface area contributed by atoms with Crippen LogP contribution < -0.4 is 15.4 Å². The molecule has 0 spiro atoms. The number of carbonyl (C=O) groups excluding carboxylic acids is 2. The fourth-order valence-electron chi connectivity index (χ4n) is 5.07. The first-order valence-electron chi connectivity index (χ1n) is 13.4. The summed E-state index contributed by atoms with van der Waals surface area (Å²) in [6, 6.07) is 3.92. The van der Waals surface area contributed by atoms with Crippen LogP contribution in [0, 0.1) is 5.82 Å². The fourth-order valence-corrected chi connectivity index (χ4v) is 5.27. The van der Waals surface area contributed by atoms with Crippen LogP contribution in [-0.4, -0.2) is 82.0 Å². The maximum Gasteiger partial charge on any atom is 0.329 e. The molecule has 2 atom stereocenters. The van der Waals surface area contributed by atoms with Crippen LogP contribution in [-0.2, 0) is 16.0 Å². The molecule has 218 valence electrons. The summed E-state index contributed by atoms with van der Waals surface area (Å²) < 4.78 is 26.0. The van der Waals surface area contributed by atoms with E-state index in [1.807, 2.05) is 6.07 Å². The van der Waals surface area contributed by atoms with Crippen molar-refractivity contribution in [1.29, 1.82) is 0 Å². The average molecular weight is 587 g/mol. The second kappa shape index (κ2) is 12.4. The molecular weight excluding hydrogens is 555 g/mol. The Morgan fingerprint density at radius 1 is 1.29 bits per heavy atom. The molecule has 2 aliphatic rings. The first kappa shape index (κ1) is 28.8. The summed E-state index contributed by atoms with van der Waals surface area (Å²) in [4.78, 5) is 37.0. The highest BCUT2D eigenvalue weighted by atomic mass is 35.5. The molecule has 41 heavy (non-hydrogen) atoms. The number of aliphatic hydroxyl groups excluding tert-OH is 1. The maximum absolute atomic E-state index is 14.0. The number of nitrogens with one attached hydrogen (secondary N) is 2. The number of hydrogen-bond acceptors (Lipinski definition) is 8. The number of aliphatic hydroxyl groups is 1. The molecule has 2 aromatic heterocycles. The molecule has 0 bridgehead atoms. The van der Waals surface area contributed by atoms with Crippen LogP contribution in [0.1, 0.15) is 37.1 Å². The number of methoxy groups -OCH3 is 1. The van der Waals surface area contributed by atoms with Gasteiger partial charge in [0.2, 0.25) is 11.9 Å². The molecule has 13 heteroatoms. The molecule has 4 heterocycles. The van der Waals surface area contributed by atoms with E-state index in [9.17, 15) is 19.1 Å². The number of rotatable bonds is 9. The average Bonchev–Trinajstić information content (AvgIpc) is 3.42. The van der Waals surface area contributed by atoms with E-state index < -0.39 is 30.4 Å². The Balaban J connectivity index is 1.30. The van der Waals surface area contributed by atoms with Gasteiger partial charge in [-0.2, -0.15) is 0 Å². The second-order valence-electron chi connectivity index (χ2n) is 10.1. The van der Waals surface area contributed by atoms with Crippen molar-refractivity contribution in [3.8, 4) is 17.0 Å². The van der Waals surface area contributed by atoms with E-state index in [-0.39, 0.29) is 17.8 Å². The highest BCUT2D eigenvalue weighted by Crippen LogP contribution is 2.30. The predicted molar refractivity (Wildman–Crippen MR) is 150 cm³/mol. The fraction of sp³-hybridized carbons (Fsp3) is 0.429. The van der Waals surface area contributed by atoms with Gasteiger partial charge in [-0.25, -0.2) is 19.2 Å². The number of carbonyl (C=O) groups is 2. The Bertz CT molecular complexity index is 1430. The number of anilines is 1. The molecule has 0 saturated carbocycles. The minimum absolute atomic E-state index is 0.205. The summed E-state index contributed by atoms with van der Waals surface area (Å²) in [6.45, 7) is 2.82. The zero-order chi connectivity index (χ0) is 29.1. The zero-order valence-corrected chi connectivity index (χ0v) is 23.5. The highest BCUT2D eigenvalue weighted by molar-refractivity contribution is 6.32. The second-order valence-corrected chi connectivity index (χ2v) is 10.5. The lowest BCUT2D eigenvalue weighted by Gasteiger charge is -2.33. The maximum atomic E-state index is 14.0. The molecule has 11 nitrogen and oxygen atoms in total. The molecule has 5 rings (SSSR count). The number of amides is 2. The van der Waals surface area contributed by atoms with E-state index in [1.165, 1.54) is 41.0 Å². The van der Waals surface area contributed by atoms with Crippen molar-refractivity contribution in [3.63, 3.8) is 0 Å². The monoisotopic (exact) mass is 586 g/mol. The number of fused-ring (bicyclic) bond motifs is 1. The van der Waals surface area contributed by atoms with Crippen LogP contribution in [0.25, 0.3) is 11.3 Å². The molecule has 1 fully saturated rings. The van der Waals surface area contributed by atoms with E-state index in [0.29, 0.717) is 54.0 Å². The topological polar surface area (TPSA) is 131 Å². The number of halogens is 2. The summed E-state index contributed by atoms with van der Waals surface area (Å²) >= 11 is 6.45. The lowest BCUT2D eigenvalue weighted by Crippen LogP contribution is -2.53. The van der Waals surface area contributed by atoms with Crippen molar-refractivity contribution in [1.82, 2.24) is 24.8 Å². The van der Waals surface area contributed by atoms with Gasteiger partial charge in [-0.3, -0.25) is 9.36 Å². The Morgan fingerprint density at radius 3 is 2.80 bits per heavy atom. The third-order valence-corrected chi connectivity index (χ3v) is 7.69. The van der Waals surface area contributed by atoms with Crippen molar-refractivity contribution in [2.24, 2.45) is 0 Å². The number of aromatic nitrogens is 3. The van der Waals surface area contributed by atoms with Crippen molar-refractivity contribution < 1.29 is 28.6 Å². The molecule has 0 unspecified atom stereocenters. The Hall–Kier alpha value is -3.74. The first-order chi connectivity index (χ1) is 19.8. The van der Waals surface area contributed by atoms with Crippen LogP contribution in [0.2, 0.25) is 5.02 Å². The van der Waals surface area contributed by atoms with Crippen molar-refractivity contribution in [2.45, 2.75) is 44.3 Å². The van der Waals surface area contributed by atoms with Gasteiger partial charge >= 0.3 is 6.03 Å². The summed E-state index contributed by atoms with van der Waals surface area (Å²) in [7, 11) is 1.40. The summed E-state index contributed by atoms with van der Waals surface area (Å²) in [5, 5.41) is 16.3. The first-order valence-corrected chi connectivity index (χ1v) is 13.8. The lowest BCUT2D eigenvalue weighted by atomic mass is 10.1. The normalized spacial score (nSPS) is 17.1. The van der Waals surface area contributed by atoms with Crippen molar-refractivity contribution >= 4 is 29.5 Å². The largest absolute Gasteiger partial charge is 0.497 e. The van der Waals surface area contributed by atoms with Crippen molar-refractivity contribution in [3.05, 3.63) is 58.8 Å². The van der Waals surface area contributed by atoms with E-state index >= 15 is 0 Å². The molecule has 3 aromatic rings. The summed E-state index contributed by atoms with van der Waals surface area (Å²) in [6.07, 6.45) is 5.41. The lowest BCUT2D eigenvalue weighted by molar-refractivity contribution is -0.126. The molecule has 0 aliphatic carbocycles. The van der Waals surface area contributed by atoms with Crippen LogP contribution in [0.3, 0.4) is 0 Å².